The minimum atomic E-state index is 0.533. The first-order valence-electron chi connectivity index (χ1n) is 6.69. The standard InChI is InChI=1S/C15H19N3O/c1-16-8-11-6-7-19-15-13(11)4-3-5-14(15)12-9-17-18(2)10-12/h3-5,9-11,16H,6-8H2,1-2H3/t11-/m0/s1. The van der Waals surface area contributed by atoms with Crippen molar-refractivity contribution in [1.29, 1.82) is 0 Å². The lowest BCUT2D eigenvalue weighted by Gasteiger charge is -2.27. The lowest BCUT2D eigenvalue weighted by molar-refractivity contribution is 0.267. The van der Waals surface area contributed by atoms with Crippen molar-refractivity contribution in [2.24, 2.45) is 7.05 Å². The molecular formula is C15H19N3O. The Bertz CT molecular complexity index is 577. The van der Waals surface area contributed by atoms with Crippen LogP contribution in [0.25, 0.3) is 11.1 Å². The van der Waals surface area contributed by atoms with Gasteiger partial charge in [0.05, 0.1) is 12.8 Å². The molecule has 1 N–H and O–H groups in total. The maximum absolute atomic E-state index is 5.93. The Morgan fingerprint density at radius 2 is 2.37 bits per heavy atom. The third kappa shape index (κ3) is 2.24. The van der Waals surface area contributed by atoms with Crippen molar-refractivity contribution in [2.75, 3.05) is 20.2 Å². The largest absolute Gasteiger partial charge is 0.493 e. The molecule has 1 aliphatic rings. The molecule has 0 unspecified atom stereocenters. The topological polar surface area (TPSA) is 39.1 Å². The Kier molecular flexibility index (Phi) is 3.25. The molecule has 0 saturated carbocycles. The zero-order valence-corrected chi connectivity index (χ0v) is 11.4. The smallest absolute Gasteiger partial charge is 0.130 e. The number of para-hydroxylation sites is 1. The van der Waals surface area contributed by atoms with Crippen LogP contribution in [0.4, 0.5) is 0 Å². The first-order valence-corrected chi connectivity index (χ1v) is 6.69. The maximum Gasteiger partial charge on any atom is 0.130 e. The fraction of sp³-hybridized carbons (Fsp3) is 0.400. The Balaban J connectivity index is 2.05. The van der Waals surface area contributed by atoms with Crippen LogP contribution in [0.1, 0.15) is 17.9 Å². The Hall–Kier alpha value is -1.81. The number of aryl methyl sites for hydroxylation is 1. The second kappa shape index (κ2) is 5.05. The summed E-state index contributed by atoms with van der Waals surface area (Å²) in [5.74, 6) is 1.56. The Morgan fingerprint density at radius 3 is 3.11 bits per heavy atom. The molecule has 4 nitrogen and oxygen atoms in total. The van der Waals surface area contributed by atoms with Gasteiger partial charge in [0, 0.05) is 36.8 Å². The summed E-state index contributed by atoms with van der Waals surface area (Å²) in [6.07, 6.45) is 4.99. The zero-order chi connectivity index (χ0) is 13.2. The van der Waals surface area contributed by atoms with Gasteiger partial charge in [-0.25, -0.2) is 0 Å². The number of nitrogens with zero attached hydrogens (tertiary/aromatic N) is 2. The fourth-order valence-corrected chi connectivity index (χ4v) is 2.74. The zero-order valence-electron chi connectivity index (χ0n) is 11.4. The number of benzene rings is 1. The number of hydrogen-bond acceptors (Lipinski definition) is 3. The third-order valence-electron chi connectivity index (χ3n) is 3.66. The Labute approximate surface area is 113 Å². The van der Waals surface area contributed by atoms with Crippen LogP contribution in [0.5, 0.6) is 5.75 Å². The molecule has 0 aliphatic carbocycles. The van der Waals surface area contributed by atoms with Gasteiger partial charge in [-0.3, -0.25) is 4.68 Å². The molecule has 0 amide bonds. The van der Waals surface area contributed by atoms with Gasteiger partial charge < -0.3 is 10.1 Å². The molecule has 1 aliphatic heterocycles. The predicted molar refractivity (Wildman–Crippen MR) is 75.4 cm³/mol. The van der Waals surface area contributed by atoms with Crippen LogP contribution in [-0.4, -0.2) is 30.0 Å². The highest BCUT2D eigenvalue weighted by Crippen LogP contribution is 2.40. The van der Waals surface area contributed by atoms with Crippen LogP contribution in [0.3, 0.4) is 0 Å². The van der Waals surface area contributed by atoms with E-state index in [4.69, 9.17) is 4.74 Å². The van der Waals surface area contributed by atoms with Gasteiger partial charge in [-0.1, -0.05) is 18.2 Å². The highest BCUT2D eigenvalue weighted by Gasteiger charge is 2.23. The lowest BCUT2D eigenvalue weighted by Crippen LogP contribution is -2.23. The predicted octanol–water partition coefficient (Wildman–Crippen LogP) is 2.17. The van der Waals surface area contributed by atoms with Crippen molar-refractivity contribution >= 4 is 0 Å². The normalized spacial score (nSPS) is 17.9. The number of fused-ring (bicyclic) bond motifs is 1. The number of likely N-dealkylation sites (N-methyl/N-ethyl adjacent to an activating group) is 1. The van der Waals surface area contributed by atoms with E-state index in [1.807, 2.05) is 31.2 Å². The highest BCUT2D eigenvalue weighted by molar-refractivity contribution is 5.72. The van der Waals surface area contributed by atoms with Crippen molar-refractivity contribution in [3.8, 4) is 16.9 Å². The van der Waals surface area contributed by atoms with E-state index >= 15 is 0 Å². The molecule has 0 fully saturated rings. The average molecular weight is 257 g/mol. The van der Waals surface area contributed by atoms with Crippen LogP contribution < -0.4 is 10.1 Å². The summed E-state index contributed by atoms with van der Waals surface area (Å²) in [5, 5.41) is 7.52. The number of rotatable bonds is 3. The first kappa shape index (κ1) is 12.2. The van der Waals surface area contributed by atoms with E-state index in [-0.39, 0.29) is 0 Å². The van der Waals surface area contributed by atoms with Crippen LogP contribution in [0, 0.1) is 0 Å². The molecule has 0 bridgehead atoms. The second-order valence-electron chi connectivity index (χ2n) is 5.02. The fourth-order valence-electron chi connectivity index (χ4n) is 2.74. The number of ether oxygens (including phenoxy) is 1. The molecule has 0 radical (unpaired) electrons. The quantitative estimate of drug-likeness (QED) is 0.916. The molecule has 1 aromatic heterocycles. The molecule has 100 valence electrons. The summed E-state index contributed by atoms with van der Waals surface area (Å²) >= 11 is 0. The molecule has 4 heteroatoms. The van der Waals surface area contributed by atoms with Crippen molar-refractivity contribution in [3.05, 3.63) is 36.2 Å². The van der Waals surface area contributed by atoms with E-state index in [2.05, 4.69) is 28.6 Å². The monoisotopic (exact) mass is 257 g/mol. The van der Waals surface area contributed by atoms with Crippen LogP contribution in [-0.2, 0) is 7.05 Å². The summed E-state index contributed by atoms with van der Waals surface area (Å²) in [4.78, 5) is 0. The van der Waals surface area contributed by atoms with Gasteiger partial charge in [-0.15, -0.1) is 0 Å². The van der Waals surface area contributed by atoms with Crippen molar-refractivity contribution < 1.29 is 4.74 Å². The molecule has 2 heterocycles. The summed E-state index contributed by atoms with van der Waals surface area (Å²) in [6, 6.07) is 6.40. The third-order valence-corrected chi connectivity index (χ3v) is 3.66. The van der Waals surface area contributed by atoms with Crippen molar-refractivity contribution in [1.82, 2.24) is 15.1 Å². The SMILES string of the molecule is CNC[C@@H]1CCOc2c(-c3cnn(C)c3)cccc21. The molecule has 1 aromatic carbocycles. The molecule has 3 rings (SSSR count). The maximum atomic E-state index is 5.93. The van der Waals surface area contributed by atoms with Crippen molar-refractivity contribution in [3.63, 3.8) is 0 Å². The van der Waals surface area contributed by atoms with Crippen LogP contribution in [0.2, 0.25) is 0 Å². The minimum absolute atomic E-state index is 0.533. The van der Waals surface area contributed by atoms with E-state index in [1.165, 1.54) is 5.56 Å². The summed E-state index contributed by atoms with van der Waals surface area (Å²) in [7, 11) is 3.93. The molecule has 1 atom stereocenters. The number of nitrogens with one attached hydrogen (secondary N) is 1. The molecule has 19 heavy (non-hydrogen) atoms. The van der Waals surface area contributed by atoms with E-state index < -0.39 is 0 Å². The van der Waals surface area contributed by atoms with E-state index in [0.29, 0.717) is 5.92 Å². The van der Waals surface area contributed by atoms with Gasteiger partial charge in [0.25, 0.3) is 0 Å². The van der Waals surface area contributed by atoms with Crippen LogP contribution in [0.15, 0.2) is 30.6 Å². The average Bonchev–Trinajstić information content (AvgIpc) is 2.85. The van der Waals surface area contributed by atoms with Gasteiger partial charge in [0.1, 0.15) is 5.75 Å². The van der Waals surface area contributed by atoms with Gasteiger partial charge in [0.2, 0.25) is 0 Å². The van der Waals surface area contributed by atoms with Gasteiger partial charge in [-0.2, -0.15) is 5.10 Å². The lowest BCUT2D eigenvalue weighted by atomic mass is 9.90. The molecular weight excluding hydrogens is 238 g/mol. The van der Waals surface area contributed by atoms with Gasteiger partial charge in [0.15, 0.2) is 0 Å². The molecule has 2 aromatic rings. The van der Waals surface area contributed by atoms with E-state index in [0.717, 1.165) is 36.4 Å². The molecule has 0 spiro atoms. The number of hydrogen-bond donors (Lipinski definition) is 1. The Morgan fingerprint density at radius 1 is 1.47 bits per heavy atom. The van der Waals surface area contributed by atoms with E-state index in [9.17, 15) is 0 Å². The van der Waals surface area contributed by atoms with Crippen molar-refractivity contribution in [2.45, 2.75) is 12.3 Å². The summed E-state index contributed by atoms with van der Waals surface area (Å²) < 4.78 is 7.75. The second-order valence-corrected chi connectivity index (χ2v) is 5.02. The van der Waals surface area contributed by atoms with E-state index in [1.54, 1.807) is 0 Å². The first-order chi connectivity index (χ1) is 9.29. The van der Waals surface area contributed by atoms with Gasteiger partial charge in [-0.05, 0) is 19.0 Å². The van der Waals surface area contributed by atoms with Gasteiger partial charge >= 0.3 is 0 Å². The molecule has 0 saturated heterocycles. The highest BCUT2D eigenvalue weighted by atomic mass is 16.5. The summed E-state index contributed by atoms with van der Waals surface area (Å²) in [5.41, 5.74) is 3.57. The van der Waals surface area contributed by atoms with Crippen LogP contribution >= 0.6 is 0 Å². The minimum Gasteiger partial charge on any atom is -0.493 e. The number of aromatic nitrogens is 2. The summed E-state index contributed by atoms with van der Waals surface area (Å²) in [6.45, 7) is 1.78.